The second-order valence-electron chi connectivity index (χ2n) is 6.28. The Bertz CT molecular complexity index is 824. The molecule has 5 nitrogen and oxygen atoms in total. The maximum atomic E-state index is 13.8. The molecule has 136 valence electrons. The number of likely N-dealkylation sites (tertiary alicyclic amines) is 1. The second kappa shape index (κ2) is 7.56. The highest BCUT2D eigenvalue weighted by Crippen LogP contribution is 2.35. The van der Waals surface area contributed by atoms with E-state index in [4.69, 9.17) is 4.74 Å². The van der Waals surface area contributed by atoms with Crippen LogP contribution in [0.15, 0.2) is 48.5 Å². The molecule has 2 atom stereocenters. The third-order valence-corrected chi connectivity index (χ3v) is 4.53. The molecule has 1 aliphatic heterocycles. The maximum Gasteiger partial charge on any atom is 0.237 e. The van der Waals surface area contributed by atoms with Crippen LogP contribution < -0.4 is 10.1 Å². The van der Waals surface area contributed by atoms with Gasteiger partial charge in [0.05, 0.1) is 12.3 Å². The predicted octanol–water partition coefficient (Wildman–Crippen LogP) is 3.03. The van der Waals surface area contributed by atoms with Crippen molar-refractivity contribution >= 4 is 17.5 Å². The van der Waals surface area contributed by atoms with Gasteiger partial charge in [-0.05, 0) is 36.8 Å². The van der Waals surface area contributed by atoms with Crippen LogP contribution in [0.3, 0.4) is 0 Å². The Morgan fingerprint density at radius 3 is 2.77 bits per heavy atom. The highest BCUT2D eigenvalue weighted by molar-refractivity contribution is 6.08. The number of nitrogens with zero attached hydrogens (tertiary/aromatic N) is 1. The van der Waals surface area contributed by atoms with Gasteiger partial charge in [-0.15, -0.1) is 0 Å². The van der Waals surface area contributed by atoms with Crippen LogP contribution in [0.1, 0.15) is 18.4 Å². The Hall–Kier alpha value is -2.89. The molecular formula is C20H21FN2O3. The van der Waals surface area contributed by atoms with Gasteiger partial charge in [0.25, 0.3) is 0 Å². The van der Waals surface area contributed by atoms with Gasteiger partial charge in [-0.1, -0.05) is 24.3 Å². The Kier molecular flexibility index (Phi) is 5.21. The van der Waals surface area contributed by atoms with E-state index in [1.807, 2.05) is 31.2 Å². The lowest BCUT2D eigenvalue weighted by Gasteiger charge is -2.18. The predicted molar refractivity (Wildman–Crippen MR) is 96.5 cm³/mol. The number of carbonyl (C=O) groups is 2. The summed E-state index contributed by atoms with van der Waals surface area (Å²) in [7, 11) is 1.66. The van der Waals surface area contributed by atoms with Crippen LogP contribution in [0, 0.1) is 11.7 Å². The van der Waals surface area contributed by atoms with Gasteiger partial charge < -0.3 is 15.0 Å². The first-order valence-corrected chi connectivity index (χ1v) is 8.54. The van der Waals surface area contributed by atoms with Crippen LogP contribution in [0.4, 0.5) is 10.1 Å². The molecular weight excluding hydrogens is 335 g/mol. The van der Waals surface area contributed by atoms with Gasteiger partial charge in [-0.3, -0.25) is 9.59 Å². The molecule has 1 aliphatic rings. The average Bonchev–Trinajstić information content (AvgIpc) is 2.93. The molecule has 0 unspecified atom stereocenters. The van der Waals surface area contributed by atoms with E-state index in [9.17, 15) is 14.0 Å². The summed E-state index contributed by atoms with van der Waals surface area (Å²) in [6.07, 6.45) is 0. The first kappa shape index (κ1) is 17.9. The Labute approximate surface area is 151 Å². The summed E-state index contributed by atoms with van der Waals surface area (Å²) in [6, 6.07) is 13.3. The Morgan fingerprint density at radius 1 is 1.27 bits per heavy atom. The molecule has 0 bridgehead atoms. The van der Waals surface area contributed by atoms with Crippen LogP contribution in [0.25, 0.3) is 0 Å². The van der Waals surface area contributed by atoms with Crippen LogP contribution in [-0.2, 0) is 9.59 Å². The topological polar surface area (TPSA) is 58.6 Å². The van der Waals surface area contributed by atoms with E-state index in [1.54, 1.807) is 19.2 Å². The molecule has 2 amide bonds. The fourth-order valence-corrected chi connectivity index (χ4v) is 3.27. The summed E-state index contributed by atoms with van der Waals surface area (Å²) in [5.41, 5.74) is 0.920. The molecule has 26 heavy (non-hydrogen) atoms. The number of hydrogen-bond acceptors (Lipinski definition) is 3. The normalized spacial score (nSPS) is 19.5. The SMILES string of the molecule is CCOc1cccc([C@H]2CN(C)C(=O)[C@@H]2C(=O)Nc2ccccc2F)c1. The van der Waals surface area contributed by atoms with E-state index in [0.29, 0.717) is 18.9 Å². The minimum Gasteiger partial charge on any atom is -0.494 e. The molecule has 0 spiro atoms. The molecule has 0 saturated carbocycles. The van der Waals surface area contributed by atoms with Crippen molar-refractivity contribution in [2.24, 2.45) is 5.92 Å². The number of hydrogen-bond donors (Lipinski definition) is 1. The van der Waals surface area contributed by atoms with E-state index in [2.05, 4.69) is 5.32 Å². The molecule has 6 heteroatoms. The van der Waals surface area contributed by atoms with E-state index in [0.717, 1.165) is 5.56 Å². The fourth-order valence-electron chi connectivity index (χ4n) is 3.27. The second-order valence-corrected chi connectivity index (χ2v) is 6.28. The van der Waals surface area contributed by atoms with Crippen molar-refractivity contribution < 1.29 is 18.7 Å². The zero-order valence-corrected chi connectivity index (χ0v) is 14.7. The summed E-state index contributed by atoms with van der Waals surface area (Å²) in [6.45, 7) is 2.85. The fraction of sp³-hybridized carbons (Fsp3) is 0.300. The van der Waals surface area contributed by atoms with Gasteiger partial charge in [-0.25, -0.2) is 4.39 Å². The van der Waals surface area contributed by atoms with Crippen molar-refractivity contribution in [2.45, 2.75) is 12.8 Å². The van der Waals surface area contributed by atoms with Gasteiger partial charge in [0.1, 0.15) is 17.5 Å². The average molecular weight is 356 g/mol. The summed E-state index contributed by atoms with van der Waals surface area (Å²) in [5.74, 6) is -1.84. The van der Waals surface area contributed by atoms with E-state index in [1.165, 1.54) is 17.0 Å². The molecule has 1 fully saturated rings. The number of amides is 2. The van der Waals surface area contributed by atoms with Crippen molar-refractivity contribution in [3.05, 3.63) is 59.9 Å². The van der Waals surface area contributed by atoms with E-state index >= 15 is 0 Å². The summed E-state index contributed by atoms with van der Waals surface area (Å²) >= 11 is 0. The van der Waals surface area contributed by atoms with Crippen molar-refractivity contribution in [2.75, 3.05) is 25.5 Å². The number of ether oxygens (including phenoxy) is 1. The summed E-state index contributed by atoms with van der Waals surface area (Å²) in [5, 5.41) is 2.55. The van der Waals surface area contributed by atoms with Gasteiger partial charge in [0.15, 0.2) is 0 Å². The highest BCUT2D eigenvalue weighted by Gasteiger charge is 2.44. The first-order chi connectivity index (χ1) is 12.5. The van der Waals surface area contributed by atoms with Crippen LogP contribution in [0.5, 0.6) is 5.75 Å². The molecule has 3 rings (SSSR count). The molecule has 2 aromatic rings. The number of nitrogens with one attached hydrogen (secondary N) is 1. The monoisotopic (exact) mass is 356 g/mol. The first-order valence-electron chi connectivity index (χ1n) is 8.54. The summed E-state index contributed by atoms with van der Waals surface area (Å²) in [4.78, 5) is 26.8. The minimum atomic E-state index is -0.906. The van der Waals surface area contributed by atoms with Crippen LogP contribution in [0.2, 0.25) is 0 Å². The third-order valence-electron chi connectivity index (χ3n) is 4.53. The molecule has 0 radical (unpaired) electrons. The lowest BCUT2D eigenvalue weighted by molar-refractivity contribution is -0.135. The van der Waals surface area contributed by atoms with Crippen molar-refractivity contribution in [1.29, 1.82) is 0 Å². The quantitative estimate of drug-likeness (QED) is 0.838. The Balaban J connectivity index is 1.87. The molecule has 1 saturated heterocycles. The smallest absolute Gasteiger partial charge is 0.237 e. The van der Waals surface area contributed by atoms with Crippen LogP contribution in [-0.4, -0.2) is 36.9 Å². The zero-order chi connectivity index (χ0) is 18.7. The summed E-state index contributed by atoms with van der Waals surface area (Å²) < 4.78 is 19.4. The number of likely N-dealkylation sites (N-methyl/N-ethyl adjacent to an activating group) is 1. The number of benzene rings is 2. The number of halogens is 1. The van der Waals surface area contributed by atoms with Gasteiger partial charge >= 0.3 is 0 Å². The van der Waals surface area contributed by atoms with E-state index in [-0.39, 0.29) is 17.5 Å². The van der Waals surface area contributed by atoms with Crippen molar-refractivity contribution in [1.82, 2.24) is 4.90 Å². The number of anilines is 1. The molecule has 2 aromatic carbocycles. The standard InChI is InChI=1S/C20H21FN2O3/c1-3-26-14-8-6-7-13(11-14)15-12-23(2)20(25)18(15)19(24)22-17-10-5-4-9-16(17)21/h4-11,15,18H,3,12H2,1-2H3,(H,22,24)/t15-,18+/m1/s1. The van der Waals surface area contributed by atoms with Gasteiger partial charge in [0, 0.05) is 19.5 Å². The lowest BCUT2D eigenvalue weighted by atomic mass is 9.87. The van der Waals surface area contributed by atoms with Crippen molar-refractivity contribution in [3.8, 4) is 5.75 Å². The molecule has 1 N–H and O–H groups in total. The zero-order valence-electron chi connectivity index (χ0n) is 14.7. The lowest BCUT2D eigenvalue weighted by Crippen LogP contribution is -2.33. The molecule has 0 aromatic heterocycles. The van der Waals surface area contributed by atoms with E-state index < -0.39 is 17.6 Å². The Morgan fingerprint density at radius 2 is 2.04 bits per heavy atom. The highest BCUT2D eigenvalue weighted by atomic mass is 19.1. The molecule has 0 aliphatic carbocycles. The van der Waals surface area contributed by atoms with Crippen molar-refractivity contribution in [3.63, 3.8) is 0 Å². The van der Waals surface area contributed by atoms with Crippen LogP contribution >= 0.6 is 0 Å². The molecule has 1 heterocycles. The maximum absolute atomic E-state index is 13.8. The van der Waals surface area contributed by atoms with Gasteiger partial charge in [0.2, 0.25) is 11.8 Å². The van der Waals surface area contributed by atoms with Gasteiger partial charge in [-0.2, -0.15) is 0 Å². The number of carbonyl (C=O) groups excluding carboxylic acids is 2. The largest absolute Gasteiger partial charge is 0.494 e. The third kappa shape index (κ3) is 3.54. The number of rotatable bonds is 5. The number of para-hydroxylation sites is 1. The minimum absolute atomic E-state index is 0.0710.